The lowest BCUT2D eigenvalue weighted by molar-refractivity contribution is -0.123. The number of aryl methyl sites for hydroxylation is 2. The Labute approximate surface area is 177 Å². The largest absolute Gasteiger partial charge is 0.494 e. The van der Waals surface area contributed by atoms with Crippen molar-refractivity contribution in [1.82, 2.24) is 15.6 Å². The van der Waals surface area contributed by atoms with Crippen molar-refractivity contribution in [2.75, 3.05) is 13.2 Å². The lowest BCUT2D eigenvalue weighted by Gasteiger charge is -2.22. The Morgan fingerprint density at radius 3 is 2.48 bits per heavy atom. The molecule has 2 rings (SSSR count). The van der Waals surface area contributed by atoms with Crippen LogP contribution in [-0.4, -0.2) is 36.0 Å². The molecule has 2 N–H and O–H groups in total. The SMILES string of the molecule is CCOc1ccc(C(=O)NC(C(=O)NCCCCc2nc(C)cs2)C(C)C)cc1. The van der Waals surface area contributed by atoms with Gasteiger partial charge in [0.2, 0.25) is 5.91 Å². The van der Waals surface area contributed by atoms with E-state index in [0.29, 0.717) is 18.7 Å². The molecular formula is C22H31N3O3S. The number of rotatable bonds is 11. The number of unbranched alkanes of at least 4 members (excludes halogenated alkanes) is 1. The molecular weight excluding hydrogens is 386 g/mol. The van der Waals surface area contributed by atoms with Crippen molar-refractivity contribution < 1.29 is 14.3 Å². The van der Waals surface area contributed by atoms with Gasteiger partial charge in [-0.3, -0.25) is 9.59 Å². The normalized spacial score (nSPS) is 11.9. The summed E-state index contributed by atoms with van der Waals surface area (Å²) in [5.41, 5.74) is 1.56. The molecule has 2 amide bonds. The van der Waals surface area contributed by atoms with Gasteiger partial charge in [0, 0.05) is 23.2 Å². The van der Waals surface area contributed by atoms with Crippen LogP contribution in [0.5, 0.6) is 5.75 Å². The van der Waals surface area contributed by atoms with Gasteiger partial charge in [-0.25, -0.2) is 4.98 Å². The fourth-order valence-electron chi connectivity index (χ4n) is 2.87. The molecule has 1 heterocycles. The van der Waals surface area contributed by atoms with Gasteiger partial charge in [0.05, 0.1) is 11.6 Å². The van der Waals surface area contributed by atoms with Crippen molar-refractivity contribution in [1.29, 1.82) is 0 Å². The highest BCUT2D eigenvalue weighted by atomic mass is 32.1. The molecule has 0 aliphatic rings. The minimum absolute atomic E-state index is 0.0139. The number of aromatic nitrogens is 1. The molecule has 29 heavy (non-hydrogen) atoms. The number of nitrogens with zero attached hydrogens (tertiary/aromatic N) is 1. The second kappa shape index (κ2) is 11.6. The van der Waals surface area contributed by atoms with Gasteiger partial charge in [0.1, 0.15) is 11.8 Å². The van der Waals surface area contributed by atoms with Crippen molar-refractivity contribution in [3.05, 3.63) is 45.9 Å². The van der Waals surface area contributed by atoms with E-state index in [2.05, 4.69) is 21.0 Å². The Morgan fingerprint density at radius 2 is 1.90 bits per heavy atom. The number of hydrogen-bond donors (Lipinski definition) is 2. The second-order valence-corrected chi connectivity index (χ2v) is 8.23. The maximum absolute atomic E-state index is 12.6. The Morgan fingerprint density at radius 1 is 1.17 bits per heavy atom. The molecule has 1 unspecified atom stereocenters. The van der Waals surface area contributed by atoms with Gasteiger partial charge in [0.15, 0.2) is 0 Å². The summed E-state index contributed by atoms with van der Waals surface area (Å²) in [6.07, 6.45) is 2.77. The number of carbonyl (C=O) groups is 2. The molecule has 0 saturated carbocycles. The molecule has 1 atom stereocenters. The lowest BCUT2D eigenvalue weighted by Crippen LogP contribution is -2.49. The Bertz CT molecular complexity index is 787. The fourth-order valence-corrected chi connectivity index (χ4v) is 3.69. The molecule has 2 aromatic rings. The summed E-state index contributed by atoms with van der Waals surface area (Å²) in [6, 6.07) is 6.35. The molecule has 1 aromatic heterocycles. The van der Waals surface area contributed by atoms with E-state index in [0.717, 1.165) is 35.7 Å². The van der Waals surface area contributed by atoms with Gasteiger partial charge in [-0.2, -0.15) is 0 Å². The van der Waals surface area contributed by atoms with E-state index >= 15 is 0 Å². The summed E-state index contributed by atoms with van der Waals surface area (Å²) in [4.78, 5) is 29.5. The summed E-state index contributed by atoms with van der Waals surface area (Å²) in [6.45, 7) is 8.91. The molecule has 0 spiro atoms. The molecule has 0 aliphatic carbocycles. The van der Waals surface area contributed by atoms with Crippen LogP contribution >= 0.6 is 11.3 Å². The number of hydrogen-bond acceptors (Lipinski definition) is 5. The maximum atomic E-state index is 12.6. The van der Waals surface area contributed by atoms with E-state index in [-0.39, 0.29) is 17.7 Å². The first-order valence-electron chi connectivity index (χ1n) is 10.1. The van der Waals surface area contributed by atoms with Crippen LogP contribution in [0.1, 0.15) is 54.7 Å². The van der Waals surface area contributed by atoms with Crippen LogP contribution in [0.15, 0.2) is 29.6 Å². The molecule has 7 heteroatoms. The van der Waals surface area contributed by atoms with Gasteiger partial charge in [-0.15, -0.1) is 11.3 Å². The number of ether oxygens (including phenoxy) is 1. The molecule has 0 aliphatic heterocycles. The molecule has 6 nitrogen and oxygen atoms in total. The highest BCUT2D eigenvalue weighted by molar-refractivity contribution is 7.09. The number of benzene rings is 1. The van der Waals surface area contributed by atoms with E-state index in [1.165, 1.54) is 0 Å². The van der Waals surface area contributed by atoms with Crippen LogP contribution in [0, 0.1) is 12.8 Å². The first-order valence-corrected chi connectivity index (χ1v) is 11.0. The average molecular weight is 418 g/mol. The van der Waals surface area contributed by atoms with Crippen LogP contribution in [0.4, 0.5) is 0 Å². The van der Waals surface area contributed by atoms with E-state index in [1.54, 1.807) is 35.6 Å². The fraction of sp³-hybridized carbons (Fsp3) is 0.500. The van der Waals surface area contributed by atoms with Gasteiger partial charge in [0.25, 0.3) is 5.91 Å². The van der Waals surface area contributed by atoms with Crippen LogP contribution in [-0.2, 0) is 11.2 Å². The Kier molecular flexibility index (Phi) is 9.12. The van der Waals surface area contributed by atoms with Crippen LogP contribution < -0.4 is 15.4 Å². The van der Waals surface area contributed by atoms with Crippen LogP contribution in [0.2, 0.25) is 0 Å². The van der Waals surface area contributed by atoms with E-state index in [9.17, 15) is 9.59 Å². The minimum Gasteiger partial charge on any atom is -0.494 e. The summed E-state index contributed by atoms with van der Waals surface area (Å²) in [7, 11) is 0. The third kappa shape index (κ3) is 7.49. The zero-order chi connectivity index (χ0) is 21.2. The highest BCUT2D eigenvalue weighted by Gasteiger charge is 2.24. The summed E-state index contributed by atoms with van der Waals surface area (Å²) in [5, 5.41) is 8.99. The number of nitrogens with one attached hydrogen (secondary N) is 2. The molecule has 0 saturated heterocycles. The number of thiazole rings is 1. The van der Waals surface area contributed by atoms with Crippen molar-refractivity contribution in [3.8, 4) is 5.75 Å². The average Bonchev–Trinajstić information content (AvgIpc) is 3.11. The summed E-state index contributed by atoms with van der Waals surface area (Å²) >= 11 is 1.68. The Balaban J connectivity index is 1.79. The quantitative estimate of drug-likeness (QED) is 0.546. The smallest absolute Gasteiger partial charge is 0.251 e. The molecule has 158 valence electrons. The molecule has 0 fully saturated rings. The first kappa shape index (κ1) is 22.9. The Hall–Kier alpha value is -2.41. The van der Waals surface area contributed by atoms with Crippen molar-refractivity contribution >= 4 is 23.2 Å². The van der Waals surface area contributed by atoms with E-state index in [4.69, 9.17) is 4.74 Å². The van der Waals surface area contributed by atoms with Crippen molar-refractivity contribution in [2.45, 2.75) is 53.0 Å². The third-order valence-corrected chi connectivity index (χ3v) is 5.47. The van der Waals surface area contributed by atoms with Gasteiger partial charge in [-0.1, -0.05) is 13.8 Å². The lowest BCUT2D eigenvalue weighted by atomic mass is 10.0. The van der Waals surface area contributed by atoms with Gasteiger partial charge in [-0.05, 0) is 63.3 Å². The van der Waals surface area contributed by atoms with Gasteiger partial charge >= 0.3 is 0 Å². The van der Waals surface area contributed by atoms with E-state index < -0.39 is 6.04 Å². The molecule has 1 aromatic carbocycles. The van der Waals surface area contributed by atoms with Gasteiger partial charge < -0.3 is 15.4 Å². The summed E-state index contributed by atoms with van der Waals surface area (Å²) in [5.74, 6) is 0.292. The number of amides is 2. The van der Waals surface area contributed by atoms with Crippen LogP contribution in [0.3, 0.4) is 0 Å². The monoisotopic (exact) mass is 417 g/mol. The third-order valence-electron chi connectivity index (χ3n) is 4.45. The first-order chi connectivity index (χ1) is 13.9. The predicted molar refractivity (Wildman–Crippen MR) is 117 cm³/mol. The van der Waals surface area contributed by atoms with Crippen molar-refractivity contribution in [2.24, 2.45) is 5.92 Å². The summed E-state index contributed by atoms with van der Waals surface area (Å²) < 4.78 is 5.39. The zero-order valence-corrected chi connectivity index (χ0v) is 18.5. The van der Waals surface area contributed by atoms with Crippen molar-refractivity contribution in [3.63, 3.8) is 0 Å². The molecule has 0 bridgehead atoms. The predicted octanol–water partition coefficient (Wildman–Crippen LogP) is 3.74. The highest BCUT2D eigenvalue weighted by Crippen LogP contribution is 2.13. The topological polar surface area (TPSA) is 80.3 Å². The standard InChI is InChI=1S/C22H31N3O3S/c1-5-28-18-11-9-17(10-12-18)21(26)25-20(15(2)3)22(27)23-13-7-6-8-19-24-16(4)14-29-19/h9-12,14-15,20H,5-8,13H2,1-4H3,(H,23,27)(H,25,26). The number of carbonyl (C=O) groups excluding carboxylic acids is 2. The second-order valence-electron chi connectivity index (χ2n) is 7.28. The minimum atomic E-state index is -0.573. The maximum Gasteiger partial charge on any atom is 0.251 e. The van der Waals surface area contributed by atoms with Crippen LogP contribution in [0.25, 0.3) is 0 Å². The molecule has 0 radical (unpaired) electrons. The zero-order valence-electron chi connectivity index (χ0n) is 17.7. The van der Waals surface area contributed by atoms with E-state index in [1.807, 2.05) is 27.7 Å².